The zero-order valence-corrected chi connectivity index (χ0v) is 12.3. The van der Waals surface area contributed by atoms with E-state index in [4.69, 9.17) is 5.73 Å². The summed E-state index contributed by atoms with van der Waals surface area (Å²) < 4.78 is 13.4. The fourth-order valence-electron chi connectivity index (χ4n) is 2.41. The third-order valence-corrected chi connectivity index (χ3v) is 3.57. The Morgan fingerprint density at radius 3 is 2.62 bits per heavy atom. The number of benzene rings is 1. The summed E-state index contributed by atoms with van der Waals surface area (Å²) in [5.74, 6) is -1.87. The van der Waals surface area contributed by atoms with Crippen molar-refractivity contribution in [1.82, 2.24) is 10.6 Å². The predicted octanol–water partition coefficient (Wildman–Crippen LogP) is 0.227. The molecule has 2 unspecified atom stereocenters. The van der Waals surface area contributed by atoms with E-state index in [0.717, 1.165) is 0 Å². The third kappa shape index (κ3) is 4.41. The van der Waals surface area contributed by atoms with Crippen LogP contribution in [0.25, 0.3) is 0 Å². The molecule has 0 radical (unpaired) electrons. The van der Waals surface area contributed by atoms with Crippen LogP contribution >= 0.6 is 12.4 Å². The van der Waals surface area contributed by atoms with E-state index in [1.165, 1.54) is 6.07 Å². The Labute approximate surface area is 128 Å². The first-order chi connectivity index (χ1) is 9.59. The molecule has 1 saturated heterocycles. The van der Waals surface area contributed by atoms with Crippen LogP contribution in [0.1, 0.15) is 5.56 Å². The van der Waals surface area contributed by atoms with Crippen molar-refractivity contribution in [3.8, 4) is 0 Å². The van der Waals surface area contributed by atoms with E-state index >= 15 is 0 Å². The molecule has 1 aliphatic heterocycles. The molecule has 0 saturated carbocycles. The van der Waals surface area contributed by atoms with E-state index in [1.54, 1.807) is 18.2 Å². The molecule has 1 heterocycles. The Balaban J connectivity index is 0.00000220. The topological polar surface area (TPSA) is 84.2 Å². The molecule has 7 heteroatoms. The van der Waals surface area contributed by atoms with Crippen molar-refractivity contribution in [3.63, 3.8) is 0 Å². The van der Waals surface area contributed by atoms with Crippen LogP contribution in [0.15, 0.2) is 24.3 Å². The summed E-state index contributed by atoms with van der Waals surface area (Å²) >= 11 is 0. The Hall–Kier alpha value is -1.66. The molecular weight excluding hydrogens is 297 g/mol. The molecule has 0 aromatic heterocycles. The maximum Gasteiger partial charge on any atom is 0.225 e. The highest BCUT2D eigenvalue weighted by Crippen LogP contribution is 2.16. The van der Waals surface area contributed by atoms with Crippen LogP contribution in [-0.4, -0.2) is 31.4 Å². The van der Waals surface area contributed by atoms with Crippen LogP contribution < -0.4 is 16.4 Å². The normalized spacial score (nSPS) is 20.6. The van der Waals surface area contributed by atoms with Crippen LogP contribution in [0.3, 0.4) is 0 Å². The van der Waals surface area contributed by atoms with Crippen molar-refractivity contribution in [2.45, 2.75) is 6.42 Å². The molecule has 2 rings (SSSR count). The van der Waals surface area contributed by atoms with Crippen LogP contribution in [0.2, 0.25) is 0 Å². The van der Waals surface area contributed by atoms with Crippen LogP contribution in [-0.2, 0) is 16.0 Å². The quantitative estimate of drug-likeness (QED) is 0.727. The molecule has 0 aliphatic carbocycles. The summed E-state index contributed by atoms with van der Waals surface area (Å²) in [5, 5.41) is 5.71. The third-order valence-electron chi connectivity index (χ3n) is 3.57. The second-order valence-corrected chi connectivity index (χ2v) is 4.91. The van der Waals surface area contributed by atoms with Gasteiger partial charge < -0.3 is 16.4 Å². The van der Waals surface area contributed by atoms with Gasteiger partial charge in [0.05, 0.1) is 11.8 Å². The minimum Gasteiger partial charge on any atom is -0.369 e. The SMILES string of the molecule is Cl.NC(=O)C1CNCC1C(=O)NCCc1ccccc1F. The number of carbonyl (C=O) groups excluding carboxylic acids is 2. The number of rotatable bonds is 5. The number of hydrogen-bond acceptors (Lipinski definition) is 3. The minimum atomic E-state index is -0.469. The fourth-order valence-corrected chi connectivity index (χ4v) is 2.41. The first-order valence-corrected chi connectivity index (χ1v) is 6.60. The molecule has 116 valence electrons. The zero-order chi connectivity index (χ0) is 14.5. The Bertz CT molecular complexity index is 513. The standard InChI is InChI=1S/C14H18FN3O2.ClH/c15-12-4-2-1-3-9(12)5-6-18-14(20)11-8-17-7-10(11)13(16)19;/h1-4,10-11,17H,5-8H2,(H2,16,19)(H,18,20);1H. The lowest BCUT2D eigenvalue weighted by atomic mass is 9.94. The minimum absolute atomic E-state index is 0. The summed E-state index contributed by atoms with van der Waals surface area (Å²) in [6.45, 7) is 1.21. The molecule has 0 bridgehead atoms. The number of nitrogens with two attached hydrogens (primary N) is 1. The summed E-state index contributed by atoms with van der Waals surface area (Å²) in [4.78, 5) is 23.2. The summed E-state index contributed by atoms with van der Waals surface area (Å²) in [6, 6.07) is 6.45. The molecule has 4 N–H and O–H groups in total. The van der Waals surface area contributed by atoms with Gasteiger partial charge in [0.2, 0.25) is 11.8 Å². The van der Waals surface area contributed by atoms with Gasteiger partial charge in [-0.25, -0.2) is 4.39 Å². The number of hydrogen-bond donors (Lipinski definition) is 3. The first kappa shape index (κ1) is 17.4. The maximum absolute atomic E-state index is 13.4. The van der Waals surface area contributed by atoms with E-state index in [-0.39, 0.29) is 24.1 Å². The Kier molecular flexibility index (Phi) is 6.58. The van der Waals surface area contributed by atoms with E-state index in [2.05, 4.69) is 10.6 Å². The largest absolute Gasteiger partial charge is 0.369 e. The van der Waals surface area contributed by atoms with Crippen LogP contribution in [0.5, 0.6) is 0 Å². The van der Waals surface area contributed by atoms with Gasteiger partial charge >= 0.3 is 0 Å². The second kappa shape index (κ2) is 7.95. The van der Waals surface area contributed by atoms with Crippen molar-refractivity contribution in [1.29, 1.82) is 0 Å². The summed E-state index contributed by atoms with van der Waals surface area (Å²) in [6.07, 6.45) is 0.416. The molecule has 1 fully saturated rings. The Morgan fingerprint density at radius 1 is 1.29 bits per heavy atom. The molecule has 0 spiro atoms. The smallest absolute Gasteiger partial charge is 0.225 e. The van der Waals surface area contributed by atoms with Crippen molar-refractivity contribution >= 4 is 24.2 Å². The van der Waals surface area contributed by atoms with Crippen LogP contribution in [0, 0.1) is 17.7 Å². The van der Waals surface area contributed by atoms with Gasteiger partial charge in [-0.05, 0) is 18.1 Å². The lowest BCUT2D eigenvalue weighted by molar-refractivity contribution is -0.131. The molecule has 1 aromatic carbocycles. The van der Waals surface area contributed by atoms with Gasteiger partial charge in [-0.1, -0.05) is 18.2 Å². The van der Waals surface area contributed by atoms with Gasteiger partial charge in [0.25, 0.3) is 0 Å². The van der Waals surface area contributed by atoms with Crippen molar-refractivity contribution in [2.24, 2.45) is 17.6 Å². The van der Waals surface area contributed by atoms with Gasteiger partial charge in [0.15, 0.2) is 0 Å². The van der Waals surface area contributed by atoms with Gasteiger partial charge in [-0.15, -0.1) is 12.4 Å². The monoisotopic (exact) mass is 315 g/mol. The fraction of sp³-hybridized carbons (Fsp3) is 0.429. The Morgan fingerprint density at radius 2 is 1.95 bits per heavy atom. The zero-order valence-electron chi connectivity index (χ0n) is 11.5. The highest BCUT2D eigenvalue weighted by molar-refractivity contribution is 5.87. The predicted molar refractivity (Wildman–Crippen MR) is 79.4 cm³/mol. The molecule has 21 heavy (non-hydrogen) atoms. The molecule has 1 aliphatic rings. The lowest BCUT2D eigenvalue weighted by Gasteiger charge is -2.15. The van der Waals surface area contributed by atoms with Crippen LogP contribution in [0.4, 0.5) is 4.39 Å². The average molecular weight is 316 g/mol. The number of primary amides is 1. The molecule has 1 aromatic rings. The number of carbonyl (C=O) groups is 2. The van der Waals surface area contributed by atoms with Crippen molar-refractivity contribution in [3.05, 3.63) is 35.6 Å². The number of halogens is 2. The van der Waals surface area contributed by atoms with E-state index in [0.29, 0.717) is 31.6 Å². The molecule has 5 nitrogen and oxygen atoms in total. The molecule has 2 amide bonds. The van der Waals surface area contributed by atoms with Crippen molar-refractivity contribution < 1.29 is 14.0 Å². The van der Waals surface area contributed by atoms with Crippen molar-refractivity contribution in [2.75, 3.05) is 19.6 Å². The maximum atomic E-state index is 13.4. The number of nitrogens with one attached hydrogen (secondary N) is 2. The highest BCUT2D eigenvalue weighted by Gasteiger charge is 2.36. The van der Waals surface area contributed by atoms with E-state index in [9.17, 15) is 14.0 Å². The second-order valence-electron chi connectivity index (χ2n) is 4.91. The summed E-state index contributed by atoms with van der Waals surface area (Å²) in [5.41, 5.74) is 5.82. The molecular formula is C14H19ClFN3O2. The van der Waals surface area contributed by atoms with E-state index in [1.807, 2.05) is 0 Å². The average Bonchev–Trinajstić information content (AvgIpc) is 2.90. The highest BCUT2D eigenvalue weighted by atomic mass is 35.5. The lowest BCUT2D eigenvalue weighted by Crippen LogP contribution is -2.40. The molecule has 2 atom stereocenters. The summed E-state index contributed by atoms with van der Waals surface area (Å²) in [7, 11) is 0. The van der Waals surface area contributed by atoms with Gasteiger partial charge in [-0.3, -0.25) is 9.59 Å². The van der Waals surface area contributed by atoms with Gasteiger partial charge in [0.1, 0.15) is 5.82 Å². The van der Waals surface area contributed by atoms with E-state index < -0.39 is 17.7 Å². The van der Waals surface area contributed by atoms with Gasteiger partial charge in [0, 0.05) is 19.6 Å². The first-order valence-electron chi connectivity index (χ1n) is 6.60. The number of amides is 2. The van der Waals surface area contributed by atoms with Gasteiger partial charge in [-0.2, -0.15) is 0 Å².